The lowest BCUT2D eigenvalue weighted by molar-refractivity contribution is -0.138. The predicted molar refractivity (Wildman–Crippen MR) is 111 cm³/mol. The third-order valence-electron chi connectivity index (χ3n) is 5.09. The van der Waals surface area contributed by atoms with E-state index in [0.717, 1.165) is 6.07 Å². The number of aromatic nitrogens is 2. The molecule has 2 aromatic rings. The fourth-order valence-corrected chi connectivity index (χ4v) is 3.37. The summed E-state index contributed by atoms with van der Waals surface area (Å²) in [6, 6.07) is 7.79. The largest absolute Gasteiger partial charge is 0.481 e. The van der Waals surface area contributed by atoms with E-state index in [1.54, 1.807) is 6.07 Å². The van der Waals surface area contributed by atoms with Crippen molar-refractivity contribution >= 4 is 23.6 Å². The van der Waals surface area contributed by atoms with Crippen LogP contribution in [0.2, 0.25) is 0 Å². The van der Waals surface area contributed by atoms with E-state index in [2.05, 4.69) is 15.5 Å². The molecule has 1 aliphatic heterocycles. The molecule has 1 saturated heterocycles. The van der Waals surface area contributed by atoms with Gasteiger partial charge in [-0.15, -0.1) is 10.2 Å². The van der Waals surface area contributed by atoms with Crippen LogP contribution in [0.15, 0.2) is 36.4 Å². The molecule has 0 spiro atoms. The summed E-state index contributed by atoms with van der Waals surface area (Å²) in [5.74, 6) is -1.62. The van der Waals surface area contributed by atoms with E-state index in [1.165, 1.54) is 29.2 Å². The Hall–Kier alpha value is -3.70. The van der Waals surface area contributed by atoms with E-state index >= 15 is 0 Å². The minimum atomic E-state index is -4.62. The number of nitrogens with zero attached hydrogens (tertiary/aromatic N) is 4. The zero-order chi connectivity index (χ0) is 24.0. The van der Waals surface area contributed by atoms with E-state index in [4.69, 9.17) is 5.11 Å². The summed E-state index contributed by atoms with van der Waals surface area (Å²) in [4.78, 5) is 38.4. The highest BCUT2D eigenvalue weighted by Crippen LogP contribution is 2.32. The molecule has 176 valence electrons. The SMILES string of the molecule is O=C(O)CCCNC(=O)c1ccc(N2CCN(C(=O)c3ccccc3C(F)(F)F)CC2)nn1. The smallest absolute Gasteiger partial charge is 0.417 e. The third-order valence-corrected chi connectivity index (χ3v) is 5.09. The zero-order valence-electron chi connectivity index (χ0n) is 17.5. The van der Waals surface area contributed by atoms with Crippen molar-refractivity contribution in [2.24, 2.45) is 0 Å². The Morgan fingerprint density at radius 1 is 1.00 bits per heavy atom. The number of rotatable bonds is 7. The number of anilines is 1. The highest BCUT2D eigenvalue weighted by atomic mass is 19.4. The maximum absolute atomic E-state index is 13.2. The molecule has 9 nitrogen and oxygen atoms in total. The summed E-state index contributed by atoms with van der Waals surface area (Å²) in [5.41, 5.74) is -1.26. The Kier molecular flexibility index (Phi) is 7.46. The van der Waals surface area contributed by atoms with Crippen LogP contribution in [0.1, 0.15) is 39.3 Å². The van der Waals surface area contributed by atoms with Crippen molar-refractivity contribution in [1.29, 1.82) is 0 Å². The van der Waals surface area contributed by atoms with Gasteiger partial charge in [-0.05, 0) is 30.7 Å². The van der Waals surface area contributed by atoms with Gasteiger partial charge in [-0.3, -0.25) is 14.4 Å². The quantitative estimate of drug-likeness (QED) is 0.602. The maximum Gasteiger partial charge on any atom is 0.417 e. The van der Waals surface area contributed by atoms with Gasteiger partial charge in [0.1, 0.15) is 0 Å². The fourth-order valence-electron chi connectivity index (χ4n) is 3.37. The van der Waals surface area contributed by atoms with E-state index in [-0.39, 0.29) is 37.3 Å². The number of carboxylic acid groups (broad SMARTS) is 1. The molecular weight excluding hydrogens is 443 g/mol. The zero-order valence-corrected chi connectivity index (χ0v) is 17.5. The first-order valence-corrected chi connectivity index (χ1v) is 10.2. The van der Waals surface area contributed by atoms with Crippen molar-refractivity contribution in [3.63, 3.8) is 0 Å². The van der Waals surface area contributed by atoms with Crippen molar-refractivity contribution in [1.82, 2.24) is 20.4 Å². The van der Waals surface area contributed by atoms with Crippen LogP contribution in [0.25, 0.3) is 0 Å². The lowest BCUT2D eigenvalue weighted by atomic mass is 10.1. The number of piperazine rings is 1. The summed E-state index contributed by atoms with van der Waals surface area (Å²) in [6.07, 6.45) is -4.38. The Balaban J connectivity index is 1.55. The van der Waals surface area contributed by atoms with Gasteiger partial charge in [0.25, 0.3) is 11.8 Å². The number of hydrogen-bond acceptors (Lipinski definition) is 6. The summed E-state index contributed by atoms with van der Waals surface area (Å²) in [5, 5.41) is 19.1. The molecule has 2 amide bonds. The number of carbonyl (C=O) groups is 3. The molecule has 2 heterocycles. The molecule has 1 aromatic carbocycles. The van der Waals surface area contributed by atoms with Crippen molar-refractivity contribution in [3.05, 3.63) is 53.2 Å². The standard InChI is InChI=1S/C21H22F3N5O4/c22-21(23,24)15-5-2-1-4-14(15)20(33)29-12-10-28(11-13-29)17-8-7-16(26-27-17)19(32)25-9-3-6-18(30)31/h1-2,4-5,7-8H,3,6,9-13H2,(H,25,32)(H,30,31). The summed E-state index contributed by atoms with van der Waals surface area (Å²) in [6.45, 7) is 1.30. The molecule has 1 fully saturated rings. The molecule has 0 unspecified atom stereocenters. The number of hydrogen-bond donors (Lipinski definition) is 2. The molecule has 0 bridgehead atoms. The first-order valence-electron chi connectivity index (χ1n) is 10.2. The van der Waals surface area contributed by atoms with Crippen LogP contribution in [0.4, 0.5) is 19.0 Å². The lowest BCUT2D eigenvalue weighted by Gasteiger charge is -2.35. The van der Waals surface area contributed by atoms with Gasteiger partial charge in [0.15, 0.2) is 11.5 Å². The summed E-state index contributed by atoms with van der Waals surface area (Å²) < 4.78 is 39.7. The van der Waals surface area contributed by atoms with Crippen LogP contribution in [-0.2, 0) is 11.0 Å². The highest BCUT2D eigenvalue weighted by Gasteiger charge is 2.36. The fraction of sp³-hybridized carbons (Fsp3) is 0.381. The number of amides is 2. The van der Waals surface area contributed by atoms with Gasteiger partial charge in [0, 0.05) is 39.1 Å². The van der Waals surface area contributed by atoms with Gasteiger partial charge < -0.3 is 20.2 Å². The number of aliphatic carboxylic acids is 1. The summed E-state index contributed by atoms with van der Waals surface area (Å²) >= 11 is 0. The molecule has 0 saturated carbocycles. The average molecular weight is 465 g/mol. The first-order chi connectivity index (χ1) is 15.7. The molecule has 0 aliphatic carbocycles. The Morgan fingerprint density at radius 3 is 2.30 bits per heavy atom. The predicted octanol–water partition coefficient (Wildman–Crippen LogP) is 2.05. The van der Waals surface area contributed by atoms with Crippen LogP contribution in [0, 0.1) is 0 Å². The van der Waals surface area contributed by atoms with Gasteiger partial charge in [-0.25, -0.2) is 0 Å². The number of nitrogens with one attached hydrogen (secondary N) is 1. The average Bonchev–Trinajstić information content (AvgIpc) is 2.81. The minimum Gasteiger partial charge on any atom is -0.481 e. The third kappa shape index (κ3) is 6.18. The second-order valence-corrected chi connectivity index (χ2v) is 7.35. The van der Waals surface area contributed by atoms with Crippen LogP contribution >= 0.6 is 0 Å². The highest BCUT2D eigenvalue weighted by molar-refractivity contribution is 5.96. The topological polar surface area (TPSA) is 116 Å². The van der Waals surface area contributed by atoms with E-state index in [9.17, 15) is 27.6 Å². The number of halogens is 3. The molecule has 0 atom stereocenters. The normalized spacial score (nSPS) is 14.2. The van der Waals surface area contributed by atoms with Gasteiger partial charge in [-0.2, -0.15) is 13.2 Å². The first kappa shape index (κ1) is 24.0. The van der Waals surface area contributed by atoms with Crippen molar-refractivity contribution < 1.29 is 32.7 Å². The van der Waals surface area contributed by atoms with Crippen LogP contribution in [-0.4, -0.2) is 70.7 Å². The van der Waals surface area contributed by atoms with Gasteiger partial charge in [0.05, 0.1) is 11.1 Å². The lowest BCUT2D eigenvalue weighted by Crippen LogP contribution is -2.49. The molecule has 2 N–H and O–H groups in total. The maximum atomic E-state index is 13.2. The van der Waals surface area contributed by atoms with Gasteiger partial charge >= 0.3 is 12.1 Å². The number of carboxylic acids is 1. The van der Waals surface area contributed by atoms with Crippen molar-refractivity contribution in [3.8, 4) is 0 Å². The summed E-state index contributed by atoms with van der Waals surface area (Å²) in [7, 11) is 0. The second kappa shape index (κ2) is 10.3. The molecule has 1 aromatic heterocycles. The number of alkyl halides is 3. The minimum absolute atomic E-state index is 0.0544. The van der Waals surface area contributed by atoms with Gasteiger partial charge in [0.2, 0.25) is 0 Å². The number of benzene rings is 1. The Morgan fingerprint density at radius 2 is 1.70 bits per heavy atom. The van der Waals surface area contributed by atoms with E-state index in [1.807, 2.05) is 4.90 Å². The monoisotopic (exact) mass is 465 g/mol. The van der Waals surface area contributed by atoms with E-state index < -0.39 is 29.5 Å². The van der Waals surface area contributed by atoms with Crippen LogP contribution in [0.3, 0.4) is 0 Å². The molecule has 12 heteroatoms. The molecule has 1 aliphatic rings. The number of carbonyl (C=O) groups excluding carboxylic acids is 2. The molecule has 3 rings (SSSR count). The Bertz CT molecular complexity index is 1010. The van der Waals surface area contributed by atoms with E-state index in [0.29, 0.717) is 25.3 Å². The molecular formula is C21H22F3N5O4. The van der Waals surface area contributed by atoms with Gasteiger partial charge in [-0.1, -0.05) is 12.1 Å². The van der Waals surface area contributed by atoms with Crippen molar-refractivity contribution in [2.45, 2.75) is 19.0 Å². The van der Waals surface area contributed by atoms with Crippen LogP contribution < -0.4 is 10.2 Å². The molecule has 0 radical (unpaired) electrons. The Labute approximate surface area is 187 Å². The van der Waals surface area contributed by atoms with Crippen LogP contribution in [0.5, 0.6) is 0 Å². The molecule has 33 heavy (non-hydrogen) atoms. The van der Waals surface area contributed by atoms with Crippen molar-refractivity contribution in [2.75, 3.05) is 37.6 Å². The second-order valence-electron chi connectivity index (χ2n) is 7.35.